The van der Waals surface area contributed by atoms with Gasteiger partial charge in [0.05, 0.1) is 6.26 Å². The average Bonchev–Trinajstić information content (AvgIpc) is 3.41. The molecule has 0 saturated heterocycles. The third-order valence-electron chi connectivity index (χ3n) is 3.83. The van der Waals surface area contributed by atoms with Crippen LogP contribution < -0.4 is 21.5 Å². The van der Waals surface area contributed by atoms with Gasteiger partial charge in [-0.2, -0.15) is 0 Å². The first-order chi connectivity index (χ1) is 13.5. The highest BCUT2D eigenvalue weighted by molar-refractivity contribution is 7.80. The number of hydrogen-bond acceptors (Lipinski definition) is 5. The van der Waals surface area contributed by atoms with E-state index in [4.69, 9.17) is 16.6 Å². The molecular weight excluding hydrogens is 380 g/mol. The van der Waals surface area contributed by atoms with E-state index in [0.717, 1.165) is 12.8 Å². The van der Waals surface area contributed by atoms with E-state index in [9.17, 15) is 14.4 Å². The molecule has 2 aromatic rings. The van der Waals surface area contributed by atoms with Crippen molar-refractivity contribution in [1.82, 2.24) is 16.2 Å². The third-order valence-corrected chi connectivity index (χ3v) is 4.04. The van der Waals surface area contributed by atoms with Gasteiger partial charge in [0.1, 0.15) is 5.76 Å². The van der Waals surface area contributed by atoms with Gasteiger partial charge in [0.25, 0.3) is 5.91 Å². The highest BCUT2D eigenvalue weighted by Gasteiger charge is 2.29. The van der Waals surface area contributed by atoms with E-state index in [-0.39, 0.29) is 16.9 Å². The summed E-state index contributed by atoms with van der Waals surface area (Å²) in [4.78, 5) is 35.5. The Balaban J connectivity index is 1.42. The zero-order chi connectivity index (χ0) is 19.9. The molecule has 1 aromatic heterocycles. The minimum absolute atomic E-state index is 0.000977. The molecule has 0 unspecified atom stereocenters. The molecule has 1 aliphatic rings. The first kappa shape index (κ1) is 19.3. The number of hydrazine groups is 1. The second-order valence-electron chi connectivity index (χ2n) is 6.09. The largest absolute Gasteiger partial charge is 0.465 e. The summed E-state index contributed by atoms with van der Waals surface area (Å²) < 4.78 is 5.07. The molecular formula is C19H18N4O4S. The van der Waals surface area contributed by atoms with Crippen molar-refractivity contribution in [2.45, 2.75) is 12.8 Å². The first-order valence-electron chi connectivity index (χ1n) is 8.55. The predicted molar refractivity (Wildman–Crippen MR) is 107 cm³/mol. The Morgan fingerprint density at radius 3 is 2.46 bits per heavy atom. The highest BCUT2D eigenvalue weighted by atomic mass is 32.1. The monoisotopic (exact) mass is 398 g/mol. The van der Waals surface area contributed by atoms with Crippen LogP contribution in [-0.4, -0.2) is 22.8 Å². The highest BCUT2D eigenvalue weighted by Crippen LogP contribution is 2.30. The van der Waals surface area contributed by atoms with E-state index in [0.29, 0.717) is 17.0 Å². The molecule has 8 nitrogen and oxygen atoms in total. The van der Waals surface area contributed by atoms with Crippen molar-refractivity contribution >= 4 is 46.8 Å². The number of amides is 3. The van der Waals surface area contributed by atoms with Gasteiger partial charge in [0.2, 0.25) is 11.8 Å². The quantitative estimate of drug-likeness (QED) is 0.348. The predicted octanol–water partition coefficient (Wildman–Crippen LogP) is 1.98. The Bertz CT molecular complexity index is 903. The van der Waals surface area contributed by atoms with Crippen molar-refractivity contribution in [3.05, 3.63) is 60.1 Å². The molecule has 0 radical (unpaired) electrons. The lowest BCUT2D eigenvalue weighted by Crippen LogP contribution is -2.48. The van der Waals surface area contributed by atoms with Gasteiger partial charge >= 0.3 is 0 Å². The van der Waals surface area contributed by atoms with E-state index >= 15 is 0 Å². The average molecular weight is 398 g/mol. The summed E-state index contributed by atoms with van der Waals surface area (Å²) in [5.74, 6) is -0.279. The van der Waals surface area contributed by atoms with Crippen molar-refractivity contribution in [3.63, 3.8) is 0 Å². The molecule has 4 N–H and O–H groups in total. The lowest BCUT2D eigenvalue weighted by Gasteiger charge is -2.10. The number of carbonyl (C=O) groups excluding carboxylic acids is 3. The molecule has 3 amide bonds. The second-order valence-corrected chi connectivity index (χ2v) is 6.50. The fraction of sp³-hybridized carbons (Fsp3) is 0.158. The van der Waals surface area contributed by atoms with Gasteiger partial charge in [0, 0.05) is 23.2 Å². The first-order valence-corrected chi connectivity index (χ1v) is 8.96. The molecule has 1 aliphatic carbocycles. The zero-order valence-electron chi connectivity index (χ0n) is 14.7. The number of rotatable bonds is 5. The molecule has 0 bridgehead atoms. The minimum atomic E-state index is -0.473. The maximum atomic E-state index is 12.1. The SMILES string of the molecule is O=C(/C=C/c1ccco1)NC(=S)NNC(=O)c1ccc(NC(=O)C2CC2)cc1. The number of carbonyl (C=O) groups is 3. The van der Waals surface area contributed by atoms with Gasteiger partial charge < -0.3 is 9.73 Å². The van der Waals surface area contributed by atoms with Gasteiger partial charge in [-0.05, 0) is 67.5 Å². The standard InChI is InChI=1S/C19H18N4O4S/c24-16(10-9-15-2-1-11-27-15)21-19(28)23-22-18(26)13-5-7-14(8-6-13)20-17(25)12-3-4-12/h1-2,5-12H,3-4H2,(H,20,25)(H,22,26)(H2,21,23,24,28)/b10-9+. The minimum Gasteiger partial charge on any atom is -0.465 e. The van der Waals surface area contributed by atoms with Gasteiger partial charge in [-0.3, -0.25) is 30.6 Å². The van der Waals surface area contributed by atoms with Crippen molar-refractivity contribution in [1.29, 1.82) is 0 Å². The van der Waals surface area contributed by atoms with Crippen LogP contribution in [0, 0.1) is 5.92 Å². The van der Waals surface area contributed by atoms with Crippen LogP contribution in [0.15, 0.2) is 53.2 Å². The van der Waals surface area contributed by atoms with E-state index in [1.807, 2.05) is 0 Å². The fourth-order valence-corrected chi connectivity index (χ4v) is 2.36. The van der Waals surface area contributed by atoms with Crippen LogP contribution in [0.4, 0.5) is 5.69 Å². The van der Waals surface area contributed by atoms with E-state index in [1.165, 1.54) is 18.4 Å². The Kier molecular flexibility index (Phi) is 6.18. The lowest BCUT2D eigenvalue weighted by molar-refractivity contribution is -0.117. The maximum Gasteiger partial charge on any atom is 0.269 e. The van der Waals surface area contributed by atoms with Crippen molar-refractivity contribution in [2.24, 2.45) is 5.92 Å². The van der Waals surface area contributed by atoms with E-state index in [2.05, 4.69) is 21.5 Å². The number of nitrogens with one attached hydrogen (secondary N) is 4. The Morgan fingerprint density at radius 1 is 1.07 bits per heavy atom. The second kappa shape index (κ2) is 8.96. The molecule has 1 heterocycles. The van der Waals surface area contributed by atoms with Crippen molar-refractivity contribution in [3.8, 4) is 0 Å². The van der Waals surface area contributed by atoms with Gasteiger partial charge in [-0.15, -0.1) is 0 Å². The van der Waals surface area contributed by atoms with Crippen LogP contribution in [0.5, 0.6) is 0 Å². The summed E-state index contributed by atoms with van der Waals surface area (Å²) >= 11 is 4.95. The molecule has 28 heavy (non-hydrogen) atoms. The van der Waals surface area contributed by atoms with Crippen LogP contribution in [0.3, 0.4) is 0 Å². The van der Waals surface area contributed by atoms with E-state index in [1.54, 1.807) is 36.4 Å². The van der Waals surface area contributed by atoms with Crippen LogP contribution in [-0.2, 0) is 9.59 Å². The van der Waals surface area contributed by atoms with Crippen molar-refractivity contribution < 1.29 is 18.8 Å². The fourth-order valence-electron chi connectivity index (χ4n) is 2.21. The molecule has 9 heteroatoms. The summed E-state index contributed by atoms with van der Waals surface area (Å²) in [5, 5.41) is 5.12. The molecule has 0 atom stereocenters. The summed E-state index contributed by atoms with van der Waals surface area (Å²) in [5.41, 5.74) is 5.83. The molecule has 144 valence electrons. The van der Waals surface area contributed by atoms with Crippen LogP contribution >= 0.6 is 12.2 Å². The summed E-state index contributed by atoms with van der Waals surface area (Å²) in [6.07, 6.45) is 6.08. The Hall–Kier alpha value is -3.46. The van der Waals surface area contributed by atoms with Gasteiger partial charge in [-0.25, -0.2) is 0 Å². The van der Waals surface area contributed by atoms with Gasteiger partial charge in [-0.1, -0.05) is 0 Å². The topological polar surface area (TPSA) is 112 Å². The summed E-state index contributed by atoms with van der Waals surface area (Å²) in [6.45, 7) is 0. The van der Waals surface area contributed by atoms with Crippen LogP contribution in [0.1, 0.15) is 29.0 Å². The molecule has 1 saturated carbocycles. The lowest BCUT2D eigenvalue weighted by atomic mass is 10.2. The normalized spacial score (nSPS) is 13.0. The summed E-state index contributed by atoms with van der Waals surface area (Å²) in [7, 11) is 0. The Labute approximate surface area is 166 Å². The molecule has 1 fully saturated rings. The molecule has 3 rings (SSSR count). The number of thiocarbonyl (C=S) groups is 1. The number of anilines is 1. The third kappa shape index (κ3) is 5.78. The Morgan fingerprint density at radius 2 is 1.82 bits per heavy atom. The van der Waals surface area contributed by atoms with Crippen molar-refractivity contribution in [2.75, 3.05) is 5.32 Å². The number of hydrogen-bond donors (Lipinski definition) is 4. The van der Waals surface area contributed by atoms with E-state index < -0.39 is 11.8 Å². The summed E-state index contributed by atoms with van der Waals surface area (Å²) in [6, 6.07) is 9.85. The number of benzene rings is 1. The molecule has 1 aromatic carbocycles. The molecule has 0 spiro atoms. The van der Waals surface area contributed by atoms with Crippen LogP contribution in [0.2, 0.25) is 0 Å². The van der Waals surface area contributed by atoms with Gasteiger partial charge in [0.15, 0.2) is 5.11 Å². The molecule has 0 aliphatic heterocycles. The van der Waals surface area contributed by atoms with Crippen LogP contribution in [0.25, 0.3) is 6.08 Å². The smallest absolute Gasteiger partial charge is 0.269 e. The maximum absolute atomic E-state index is 12.1. The number of furan rings is 1. The zero-order valence-corrected chi connectivity index (χ0v) is 15.5.